The van der Waals surface area contributed by atoms with Gasteiger partial charge in [-0.1, -0.05) is 34.6 Å². The van der Waals surface area contributed by atoms with Crippen molar-refractivity contribution in [3.05, 3.63) is 18.1 Å². The molecule has 0 aromatic rings. The number of fused-ring (bicyclic) bond motifs is 4. The fraction of sp³-hybridized carbons (Fsp3) is 0.875. The van der Waals surface area contributed by atoms with E-state index in [9.17, 15) is 19.8 Å². The van der Waals surface area contributed by atoms with Crippen LogP contribution in [0.4, 0.5) is 0 Å². The van der Waals surface area contributed by atoms with Crippen LogP contribution in [-0.4, -0.2) is 77.3 Å². The predicted octanol–water partition coefficient (Wildman–Crippen LogP) is 5.91. The molecule has 8 rings (SSSR count). The summed E-state index contributed by atoms with van der Waals surface area (Å²) in [5, 5.41) is 25.2. The Hall–Kier alpha value is -1.26. The zero-order chi connectivity index (χ0) is 34.9. The molecular weight excluding hydrogens is 620 g/mol. The third-order valence-corrected chi connectivity index (χ3v) is 16.2. The van der Waals surface area contributed by atoms with Crippen LogP contribution in [0.15, 0.2) is 0 Å². The molecule has 0 aromatic carbocycles. The highest BCUT2D eigenvalue weighted by molar-refractivity contribution is 5.77. The standard InChI is InChI=1S/C40H61N2O7/c1-23-18-25(20-41-36(4,5)34(45)46)48-32-31(23)37(6)14-15-40-22-39(40)13-12-28(35(2,3)26(39)10-11-27(40)38(37,7)33(32)44)49-30-21-42(16-17-47-30)29(43)19-24-8-9-24/h23-24,26,28,30-31,33,41,44H,8-22H2,1-7H3,(H,45,46)/t23-,26+,28?,30+,31+,33+,37-,38-,39-,40+/m1/s1. The molecule has 8 fully saturated rings. The van der Waals surface area contributed by atoms with Gasteiger partial charge in [-0.2, -0.15) is 0 Å². The summed E-state index contributed by atoms with van der Waals surface area (Å²) in [6, 6.07) is 0. The minimum Gasteiger partial charge on any atom is -0.480 e. The van der Waals surface area contributed by atoms with Gasteiger partial charge in [0.2, 0.25) is 5.91 Å². The lowest BCUT2D eigenvalue weighted by Gasteiger charge is -2.63. The van der Waals surface area contributed by atoms with Gasteiger partial charge in [0.25, 0.3) is 0 Å². The first-order valence-electron chi connectivity index (χ1n) is 19.5. The van der Waals surface area contributed by atoms with Gasteiger partial charge < -0.3 is 29.3 Å². The second-order valence-electron chi connectivity index (χ2n) is 19.3. The number of rotatable bonds is 8. The molecule has 3 N–H and O–H groups in total. The van der Waals surface area contributed by atoms with Crippen LogP contribution in [0.3, 0.4) is 0 Å². The Balaban J connectivity index is 0.981. The minimum absolute atomic E-state index is 0.0200. The molecule has 2 heterocycles. The van der Waals surface area contributed by atoms with Gasteiger partial charge in [-0.05, 0) is 123 Å². The third-order valence-electron chi connectivity index (χ3n) is 16.2. The number of carbonyl (C=O) groups is 2. The van der Waals surface area contributed by atoms with Crippen molar-refractivity contribution in [1.82, 2.24) is 10.2 Å². The van der Waals surface area contributed by atoms with E-state index in [1.165, 1.54) is 25.7 Å². The van der Waals surface area contributed by atoms with Crippen LogP contribution in [0.5, 0.6) is 0 Å². The summed E-state index contributed by atoms with van der Waals surface area (Å²) in [4.78, 5) is 26.6. The van der Waals surface area contributed by atoms with Gasteiger partial charge >= 0.3 is 5.97 Å². The van der Waals surface area contributed by atoms with Crippen LogP contribution < -0.4 is 5.32 Å². The summed E-state index contributed by atoms with van der Waals surface area (Å²) in [5.74, 6) is 2.58. The number of ether oxygens (including phenoxy) is 3. The number of hydrogen-bond acceptors (Lipinski definition) is 7. The molecule has 6 saturated carbocycles. The number of nitrogens with one attached hydrogen (secondary N) is 1. The molecule has 2 spiro atoms. The van der Waals surface area contributed by atoms with Crippen molar-refractivity contribution < 1.29 is 34.0 Å². The van der Waals surface area contributed by atoms with Crippen LogP contribution in [-0.2, 0) is 23.8 Å². The van der Waals surface area contributed by atoms with Crippen molar-refractivity contribution in [1.29, 1.82) is 0 Å². The number of aliphatic hydroxyl groups excluding tert-OH is 1. The van der Waals surface area contributed by atoms with E-state index in [4.69, 9.17) is 14.2 Å². The number of morpholine rings is 1. The maximum Gasteiger partial charge on any atom is 0.323 e. The largest absolute Gasteiger partial charge is 0.480 e. The van der Waals surface area contributed by atoms with Crippen molar-refractivity contribution >= 4 is 11.9 Å². The van der Waals surface area contributed by atoms with Gasteiger partial charge in [0.05, 0.1) is 25.4 Å². The molecule has 9 nitrogen and oxygen atoms in total. The van der Waals surface area contributed by atoms with E-state index in [1.54, 1.807) is 19.8 Å². The van der Waals surface area contributed by atoms with Gasteiger partial charge in [0, 0.05) is 30.8 Å². The average molecular weight is 682 g/mol. The second kappa shape index (κ2) is 11.4. The smallest absolute Gasteiger partial charge is 0.323 e. The van der Waals surface area contributed by atoms with Crippen LogP contribution in [0.1, 0.15) is 119 Å². The van der Waals surface area contributed by atoms with Crippen LogP contribution >= 0.6 is 0 Å². The molecule has 0 bridgehead atoms. The van der Waals surface area contributed by atoms with Gasteiger partial charge in [-0.15, -0.1) is 0 Å². The van der Waals surface area contributed by atoms with E-state index >= 15 is 0 Å². The monoisotopic (exact) mass is 681 g/mol. The number of carboxylic acids is 1. The first-order valence-corrected chi connectivity index (χ1v) is 19.5. The van der Waals surface area contributed by atoms with Gasteiger partial charge in [0.15, 0.2) is 6.29 Å². The lowest BCUT2D eigenvalue weighted by atomic mass is 9.41. The molecule has 1 amide bonds. The number of aliphatic hydroxyl groups is 1. The Labute approximate surface area is 293 Å². The SMILES string of the molecule is C[C@@H]1C[C](CNC(C)(C)C(=O)O)O[C]2[C@H]1[C@@]1(C)CC[C@@]34C[C@@]35CCC(O[C@H]3CN(C(=O)CC6CC6)CCO3)C(C)(C)[C@@H]5CC[C]4[C@]1(C)[C@H]2O. The summed E-state index contributed by atoms with van der Waals surface area (Å²) < 4.78 is 19.6. The van der Waals surface area contributed by atoms with Crippen molar-refractivity contribution in [3.8, 4) is 0 Å². The number of hydrogen-bond donors (Lipinski definition) is 3. The number of carboxylic acid groups (broad SMARTS) is 1. The fourth-order valence-corrected chi connectivity index (χ4v) is 13.0. The molecule has 0 aromatic heterocycles. The topological polar surface area (TPSA) is 118 Å². The summed E-state index contributed by atoms with van der Waals surface area (Å²) >= 11 is 0. The zero-order valence-corrected chi connectivity index (χ0v) is 31.0. The summed E-state index contributed by atoms with van der Waals surface area (Å²) in [6.45, 7) is 17.4. The van der Waals surface area contributed by atoms with E-state index in [0.29, 0.717) is 50.4 Å². The summed E-state index contributed by atoms with van der Waals surface area (Å²) in [7, 11) is 0. The zero-order valence-electron chi connectivity index (χ0n) is 31.0. The number of amides is 1. The normalized spacial score (nSPS) is 46.7. The Morgan fingerprint density at radius 1 is 1.08 bits per heavy atom. The highest BCUT2D eigenvalue weighted by Gasteiger charge is 2.85. The Bertz CT molecular complexity index is 1350. The van der Waals surface area contributed by atoms with Crippen molar-refractivity contribution in [2.45, 2.75) is 143 Å². The molecule has 3 radical (unpaired) electrons. The first kappa shape index (κ1) is 34.8. The number of aliphatic carboxylic acids is 1. The highest BCUT2D eigenvalue weighted by Crippen LogP contribution is 2.90. The fourth-order valence-electron chi connectivity index (χ4n) is 13.0. The van der Waals surface area contributed by atoms with E-state index in [1.807, 2.05) is 4.90 Å². The molecule has 9 heteroatoms. The van der Waals surface area contributed by atoms with Crippen LogP contribution in [0.2, 0.25) is 0 Å². The molecule has 10 atom stereocenters. The van der Waals surface area contributed by atoms with E-state index in [-0.39, 0.29) is 51.3 Å². The lowest BCUT2D eigenvalue weighted by molar-refractivity contribution is -0.242. The van der Waals surface area contributed by atoms with Gasteiger partial charge in [0.1, 0.15) is 17.7 Å². The predicted molar refractivity (Wildman–Crippen MR) is 183 cm³/mol. The molecular formula is C40H61N2O7. The number of nitrogens with zero attached hydrogens (tertiary/aromatic N) is 1. The lowest BCUT2D eigenvalue weighted by Crippen LogP contribution is -2.59. The number of carbonyl (C=O) groups excluding carboxylic acids is 1. The Morgan fingerprint density at radius 2 is 1.84 bits per heavy atom. The summed E-state index contributed by atoms with van der Waals surface area (Å²) in [5.41, 5.74) is -1.11. The maximum atomic E-state index is 12.9. The quantitative estimate of drug-likeness (QED) is 0.290. The Kier molecular flexibility index (Phi) is 8.08. The first-order chi connectivity index (χ1) is 23.0. The molecule has 49 heavy (non-hydrogen) atoms. The molecule has 8 aliphatic rings. The third kappa shape index (κ3) is 4.93. The van der Waals surface area contributed by atoms with Crippen LogP contribution in [0, 0.1) is 68.9 Å². The van der Waals surface area contributed by atoms with E-state index in [2.05, 4.69) is 39.9 Å². The molecule has 1 unspecified atom stereocenters. The minimum atomic E-state index is -1.06. The second-order valence-corrected chi connectivity index (χ2v) is 19.3. The highest BCUT2D eigenvalue weighted by atomic mass is 16.7. The average Bonchev–Trinajstić information content (AvgIpc) is 3.97. The van der Waals surface area contributed by atoms with Crippen LogP contribution in [0.25, 0.3) is 0 Å². The van der Waals surface area contributed by atoms with E-state index < -0.39 is 17.6 Å². The van der Waals surface area contributed by atoms with Gasteiger partial charge in [-0.3, -0.25) is 14.9 Å². The molecule has 2 aliphatic heterocycles. The molecule has 2 saturated heterocycles. The van der Waals surface area contributed by atoms with E-state index in [0.717, 1.165) is 50.7 Å². The van der Waals surface area contributed by atoms with Gasteiger partial charge in [-0.25, -0.2) is 0 Å². The van der Waals surface area contributed by atoms with Crippen molar-refractivity contribution in [2.75, 3.05) is 26.2 Å². The molecule has 273 valence electrons. The summed E-state index contributed by atoms with van der Waals surface area (Å²) in [6.07, 6.45) is 12.3. The molecule has 6 aliphatic carbocycles. The maximum absolute atomic E-state index is 12.9. The Morgan fingerprint density at radius 3 is 2.55 bits per heavy atom. The van der Waals surface area contributed by atoms with Crippen molar-refractivity contribution in [2.24, 2.45) is 50.7 Å². The van der Waals surface area contributed by atoms with Crippen molar-refractivity contribution in [3.63, 3.8) is 0 Å².